The van der Waals surface area contributed by atoms with Crippen molar-refractivity contribution in [1.29, 1.82) is 0 Å². The molecule has 0 saturated carbocycles. The van der Waals surface area contributed by atoms with Crippen molar-refractivity contribution in [2.45, 2.75) is 13.3 Å². The zero-order valence-electron chi connectivity index (χ0n) is 9.02. The van der Waals surface area contributed by atoms with Crippen molar-refractivity contribution in [3.05, 3.63) is 29.0 Å². The summed E-state index contributed by atoms with van der Waals surface area (Å²) in [6, 6.07) is 4.37. The number of nitrogens with one attached hydrogen (secondary N) is 2. The van der Waals surface area contributed by atoms with Crippen LogP contribution in [0.5, 0.6) is 0 Å². The smallest absolute Gasteiger partial charge is 0.239 e. The highest BCUT2D eigenvalue weighted by molar-refractivity contribution is 6.33. The molecule has 0 bridgehead atoms. The number of carbonyl (C=O) groups is 1. The topological polar surface area (TPSA) is 41.1 Å². The van der Waals surface area contributed by atoms with Crippen LogP contribution in [0.4, 0.5) is 10.1 Å². The molecule has 0 aliphatic carbocycles. The number of rotatable bonds is 5. The number of benzene rings is 1. The summed E-state index contributed by atoms with van der Waals surface area (Å²) in [7, 11) is 0. The molecule has 1 rings (SSSR count). The largest absolute Gasteiger partial charge is 0.373 e. The van der Waals surface area contributed by atoms with E-state index in [4.69, 9.17) is 11.6 Å². The second kappa shape index (κ2) is 6.33. The van der Waals surface area contributed by atoms with Gasteiger partial charge in [-0.1, -0.05) is 24.6 Å². The van der Waals surface area contributed by atoms with E-state index >= 15 is 0 Å². The van der Waals surface area contributed by atoms with Crippen LogP contribution >= 0.6 is 11.6 Å². The van der Waals surface area contributed by atoms with E-state index in [-0.39, 0.29) is 23.2 Å². The fraction of sp³-hybridized carbons (Fsp3) is 0.364. The summed E-state index contributed by atoms with van der Waals surface area (Å²) >= 11 is 5.78. The summed E-state index contributed by atoms with van der Waals surface area (Å²) in [6.07, 6.45) is 0.867. The molecule has 0 radical (unpaired) electrons. The van der Waals surface area contributed by atoms with Gasteiger partial charge in [0.1, 0.15) is 5.82 Å². The lowest BCUT2D eigenvalue weighted by molar-refractivity contribution is -0.119. The highest BCUT2D eigenvalue weighted by Gasteiger charge is 2.07. The van der Waals surface area contributed by atoms with E-state index in [2.05, 4.69) is 10.6 Å². The van der Waals surface area contributed by atoms with Gasteiger partial charge in [-0.2, -0.15) is 0 Å². The predicted molar refractivity (Wildman–Crippen MR) is 63.2 cm³/mol. The number of anilines is 1. The first-order valence-corrected chi connectivity index (χ1v) is 5.47. The molecule has 0 aliphatic rings. The Morgan fingerprint density at radius 1 is 1.50 bits per heavy atom. The van der Waals surface area contributed by atoms with Crippen LogP contribution in [-0.2, 0) is 4.79 Å². The predicted octanol–water partition coefficient (Wildman–Crippen LogP) is 2.42. The van der Waals surface area contributed by atoms with Gasteiger partial charge < -0.3 is 10.6 Å². The van der Waals surface area contributed by atoms with Gasteiger partial charge in [-0.25, -0.2) is 4.39 Å². The molecular formula is C11H14ClFN2O. The average molecular weight is 245 g/mol. The van der Waals surface area contributed by atoms with Gasteiger partial charge in [-0.05, 0) is 18.6 Å². The molecule has 1 aromatic carbocycles. The van der Waals surface area contributed by atoms with Gasteiger partial charge >= 0.3 is 0 Å². The Labute approximate surface area is 99.0 Å². The number of para-hydroxylation sites is 1. The third kappa shape index (κ3) is 3.70. The van der Waals surface area contributed by atoms with Gasteiger partial charge in [0.15, 0.2) is 0 Å². The molecule has 0 heterocycles. The summed E-state index contributed by atoms with van der Waals surface area (Å²) < 4.78 is 13.3. The van der Waals surface area contributed by atoms with Crippen LogP contribution in [0.1, 0.15) is 13.3 Å². The van der Waals surface area contributed by atoms with Gasteiger partial charge in [0, 0.05) is 6.54 Å². The zero-order valence-corrected chi connectivity index (χ0v) is 9.77. The molecule has 1 amide bonds. The van der Waals surface area contributed by atoms with Crippen LogP contribution < -0.4 is 10.6 Å². The summed E-state index contributed by atoms with van der Waals surface area (Å²) in [5.74, 6) is -0.642. The number of hydrogen-bond donors (Lipinski definition) is 2. The molecule has 5 heteroatoms. The Hall–Kier alpha value is -1.29. The molecule has 0 fully saturated rings. The molecule has 0 aromatic heterocycles. The van der Waals surface area contributed by atoms with Crippen LogP contribution in [0.25, 0.3) is 0 Å². The van der Waals surface area contributed by atoms with E-state index in [0.717, 1.165) is 6.42 Å². The summed E-state index contributed by atoms with van der Waals surface area (Å²) in [6.45, 7) is 2.59. The van der Waals surface area contributed by atoms with Crippen molar-refractivity contribution in [2.24, 2.45) is 0 Å². The number of carbonyl (C=O) groups excluding carboxylic acids is 1. The molecule has 1 aromatic rings. The van der Waals surface area contributed by atoms with Gasteiger partial charge in [0.05, 0.1) is 17.3 Å². The molecule has 16 heavy (non-hydrogen) atoms. The third-order valence-corrected chi connectivity index (χ3v) is 2.28. The molecule has 2 N–H and O–H groups in total. The van der Waals surface area contributed by atoms with Crippen molar-refractivity contribution in [1.82, 2.24) is 5.32 Å². The Morgan fingerprint density at radius 2 is 2.25 bits per heavy atom. The Balaban J connectivity index is 2.51. The Bertz CT molecular complexity index is 351. The second-order valence-corrected chi connectivity index (χ2v) is 3.71. The number of hydrogen-bond acceptors (Lipinski definition) is 2. The van der Waals surface area contributed by atoms with Crippen molar-refractivity contribution in [3.8, 4) is 0 Å². The average Bonchev–Trinajstić information content (AvgIpc) is 2.25. The second-order valence-electron chi connectivity index (χ2n) is 3.30. The Morgan fingerprint density at radius 3 is 2.88 bits per heavy atom. The first kappa shape index (κ1) is 12.8. The van der Waals surface area contributed by atoms with E-state index in [1.165, 1.54) is 12.1 Å². The fourth-order valence-electron chi connectivity index (χ4n) is 1.16. The maximum Gasteiger partial charge on any atom is 0.239 e. The van der Waals surface area contributed by atoms with E-state index in [9.17, 15) is 9.18 Å². The molecule has 3 nitrogen and oxygen atoms in total. The fourth-order valence-corrected chi connectivity index (χ4v) is 1.39. The lowest BCUT2D eigenvalue weighted by Gasteiger charge is -2.09. The van der Waals surface area contributed by atoms with Crippen LogP contribution in [0, 0.1) is 5.82 Å². The highest BCUT2D eigenvalue weighted by atomic mass is 35.5. The number of amides is 1. The standard InChI is InChI=1S/C11H14ClFN2O/c1-2-6-14-10(16)7-15-11-8(12)4-3-5-9(11)13/h3-5,15H,2,6-7H2,1H3,(H,14,16). The minimum atomic E-state index is -0.462. The van der Waals surface area contributed by atoms with Crippen LogP contribution in [0.15, 0.2) is 18.2 Å². The lowest BCUT2D eigenvalue weighted by atomic mass is 10.3. The van der Waals surface area contributed by atoms with Gasteiger partial charge in [-0.15, -0.1) is 0 Å². The minimum absolute atomic E-state index is 0.0145. The van der Waals surface area contributed by atoms with Gasteiger partial charge in [0.2, 0.25) is 5.91 Å². The van der Waals surface area contributed by atoms with Gasteiger partial charge in [-0.3, -0.25) is 4.79 Å². The molecule has 0 unspecified atom stereocenters. The normalized spacial score (nSPS) is 9.94. The minimum Gasteiger partial charge on any atom is -0.373 e. The monoisotopic (exact) mass is 244 g/mol. The SMILES string of the molecule is CCCNC(=O)CNc1c(F)cccc1Cl. The van der Waals surface area contributed by atoms with Crippen molar-refractivity contribution in [3.63, 3.8) is 0 Å². The van der Waals surface area contributed by atoms with E-state index in [0.29, 0.717) is 6.54 Å². The summed E-state index contributed by atoms with van der Waals surface area (Å²) in [5, 5.41) is 5.61. The molecule has 88 valence electrons. The van der Waals surface area contributed by atoms with Crippen LogP contribution in [-0.4, -0.2) is 19.0 Å². The van der Waals surface area contributed by atoms with Crippen LogP contribution in [0.2, 0.25) is 5.02 Å². The summed E-state index contributed by atoms with van der Waals surface area (Å²) in [5.41, 5.74) is 0.163. The lowest BCUT2D eigenvalue weighted by Crippen LogP contribution is -2.30. The molecule has 0 aliphatic heterocycles. The van der Waals surface area contributed by atoms with Crippen molar-refractivity contribution >= 4 is 23.2 Å². The van der Waals surface area contributed by atoms with Crippen molar-refractivity contribution < 1.29 is 9.18 Å². The highest BCUT2D eigenvalue weighted by Crippen LogP contribution is 2.23. The Kier molecular flexibility index (Phi) is 5.05. The maximum atomic E-state index is 13.3. The molecule has 0 spiro atoms. The number of halogens is 2. The van der Waals surface area contributed by atoms with E-state index < -0.39 is 5.82 Å². The van der Waals surface area contributed by atoms with Gasteiger partial charge in [0.25, 0.3) is 0 Å². The zero-order chi connectivity index (χ0) is 12.0. The first-order valence-electron chi connectivity index (χ1n) is 5.09. The maximum absolute atomic E-state index is 13.3. The third-order valence-electron chi connectivity index (χ3n) is 1.96. The van der Waals surface area contributed by atoms with Crippen molar-refractivity contribution in [2.75, 3.05) is 18.4 Å². The van der Waals surface area contributed by atoms with Crippen LogP contribution in [0.3, 0.4) is 0 Å². The quantitative estimate of drug-likeness (QED) is 0.835. The van der Waals surface area contributed by atoms with E-state index in [1.807, 2.05) is 6.92 Å². The van der Waals surface area contributed by atoms with E-state index in [1.54, 1.807) is 6.07 Å². The molecular weight excluding hydrogens is 231 g/mol. The molecule has 0 atom stereocenters. The molecule has 0 saturated heterocycles. The first-order chi connectivity index (χ1) is 7.65. The summed E-state index contributed by atoms with van der Waals surface area (Å²) in [4.78, 5) is 11.3.